The molecule has 100 valence electrons. The molecule has 0 bridgehead atoms. The van der Waals surface area contributed by atoms with Crippen molar-refractivity contribution in [3.8, 4) is 11.6 Å². The third-order valence-corrected chi connectivity index (χ3v) is 3.41. The van der Waals surface area contributed by atoms with E-state index in [2.05, 4.69) is 47.1 Å². The molecule has 1 N–H and O–H groups in total. The van der Waals surface area contributed by atoms with E-state index in [0.29, 0.717) is 16.8 Å². The maximum Gasteiger partial charge on any atom is 0.239 e. The molecule has 0 aliphatic heterocycles. The summed E-state index contributed by atoms with van der Waals surface area (Å²) in [4.78, 5) is 8.04. The molecule has 0 saturated heterocycles. The quantitative estimate of drug-likeness (QED) is 0.842. The van der Waals surface area contributed by atoms with Crippen LogP contribution < -0.4 is 10.1 Å². The molecule has 19 heavy (non-hydrogen) atoms. The molecular weight excluding hydrogens is 381 g/mol. The Morgan fingerprint density at radius 1 is 1.32 bits per heavy atom. The molecule has 4 nitrogen and oxygen atoms in total. The van der Waals surface area contributed by atoms with Gasteiger partial charge in [-0.05, 0) is 41.1 Å². The molecule has 0 aliphatic rings. The summed E-state index contributed by atoms with van der Waals surface area (Å²) >= 11 is 6.60. The van der Waals surface area contributed by atoms with Gasteiger partial charge in [0.25, 0.3) is 0 Å². The van der Waals surface area contributed by atoms with Crippen LogP contribution in [0, 0.1) is 5.82 Å². The van der Waals surface area contributed by atoms with Gasteiger partial charge in [-0.2, -0.15) is 0 Å². The Kier molecular flexibility index (Phi) is 4.71. The van der Waals surface area contributed by atoms with E-state index in [4.69, 9.17) is 4.74 Å². The Morgan fingerprint density at radius 3 is 2.84 bits per heavy atom. The minimum absolute atomic E-state index is 0.0937. The van der Waals surface area contributed by atoms with Crippen molar-refractivity contribution in [2.45, 2.75) is 6.92 Å². The van der Waals surface area contributed by atoms with E-state index in [1.54, 1.807) is 6.07 Å². The highest BCUT2D eigenvalue weighted by molar-refractivity contribution is 9.11. The number of nitrogens with one attached hydrogen (secondary N) is 1. The fourth-order valence-electron chi connectivity index (χ4n) is 1.38. The lowest BCUT2D eigenvalue weighted by atomic mass is 10.3. The summed E-state index contributed by atoms with van der Waals surface area (Å²) in [5.41, 5.74) is 0. The van der Waals surface area contributed by atoms with Gasteiger partial charge in [-0.15, -0.1) is 0 Å². The number of hydrogen-bond acceptors (Lipinski definition) is 4. The Morgan fingerprint density at radius 2 is 2.11 bits per heavy atom. The average molecular weight is 391 g/mol. The molecule has 0 aliphatic carbocycles. The van der Waals surface area contributed by atoms with Crippen LogP contribution in [0.4, 0.5) is 10.2 Å². The Bertz CT molecular complexity index is 595. The molecule has 2 rings (SSSR count). The molecule has 0 fully saturated rings. The van der Waals surface area contributed by atoms with Crippen LogP contribution in [0.1, 0.15) is 6.92 Å². The lowest BCUT2D eigenvalue weighted by Crippen LogP contribution is -2.02. The Labute approximate surface area is 126 Å². The molecule has 1 aromatic heterocycles. The van der Waals surface area contributed by atoms with Crippen molar-refractivity contribution in [2.75, 3.05) is 11.9 Å². The van der Waals surface area contributed by atoms with Crippen LogP contribution >= 0.6 is 31.9 Å². The third kappa shape index (κ3) is 3.42. The van der Waals surface area contributed by atoms with Gasteiger partial charge < -0.3 is 10.1 Å². The second-order valence-corrected chi connectivity index (χ2v) is 5.26. The zero-order valence-electron chi connectivity index (χ0n) is 9.95. The second-order valence-electron chi connectivity index (χ2n) is 3.55. The summed E-state index contributed by atoms with van der Waals surface area (Å²) in [6.45, 7) is 2.66. The van der Waals surface area contributed by atoms with Crippen LogP contribution in [0.15, 0.2) is 33.5 Å². The summed E-state index contributed by atoms with van der Waals surface area (Å²) in [7, 11) is 0. The molecule has 0 atom stereocenters. The largest absolute Gasteiger partial charge is 0.435 e. The highest BCUT2D eigenvalue weighted by Crippen LogP contribution is 2.33. The van der Waals surface area contributed by atoms with Gasteiger partial charge in [-0.3, -0.25) is 0 Å². The first-order valence-electron chi connectivity index (χ1n) is 5.49. The number of hydrogen-bond donors (Lipinski definition) is 1. The number of nitrogens with zero attached hydrogens (tertiary/aromatic N) is 2. The van der Waals surface area contributed by atoms with E-state index in [-0.39, 0.29) is 11.6 Å². The van der Waals surface area contributed by atoms with Gasteiger partial charge in [0.05, 0.1) is 0 Å². The molecule has 0 spiro atoms. The molecule has 1 aromatic carbocycles. The summed E-state index contributed by atoms with van der Waals surface area (Å²) in [5, 5.41) is 3.05. The van der Waals surface area contributed by atoms with Gasteiger partial charge in [0, 0.05) is 11.0 Å². The fourth-order valence-corrected chi connectivity index (χ4v) is 2.14. The van der Waals surface area contributed by atoms with Crippen molar-refractivity contribution in [3.05, 3.63) is 39.3 Å². The number of halogens is 3. The summed E-state index contributed by atoms with van der Waals surface area (Å²) in [6.07, 6.45) is 1.36. The topological polar surface area (TPSA) is 47.0 Å². The maximum atomic E-state index is 13.6. The average Bonchev–Trinajstić information content (AvgIpc) is 2.39. The zero-order valence-corrected chi connectivity index (χ0v) is 13.1. The van der Waals surface area contributed by atoms with Crippen LogP contribution in [0.3, 0.4) is 0 Å². The van der Waals surface area contributed by atoms with E-state index in [9.17, 15) is 4.39 Å². The van der Waals surface area contributed by atoms with Crippen LogP contribution in [0.5, 0.6) is 11.6 Å². The van der Waals surface area contributed by atoms with Crippen molar-refractivity contribution >= 4 is 37.7 Å². The van der Waals surface area contributed by atoms with E-state index < -0.39 is 5.82 Å². The van der Waals surface area contributed by atoms with E-state index in [0.717, 1.165) is 4.47 Å². The SMILES string of the molecule is CCNc1ncnc(Oc2cc(Br)ccc2F)c1Br. The molecule has 2 aromatic rings. The standard InChI is InChI=1S/C12H10Br2FN3O/c1-2-16-11-10(14)12(18-6-17-11)19-9-5-7(13)3-4-8(9)15/h3-6H,2H2,1H3,(H,16,17,18). The second kappa shape index (κ2) is 6.29. The predicted octanol–water partition coefficient (Wildman–Crippen LogP) is 4.36. The summed E-state index contributed by atoms with van der Waals surface area (Å²) in [6, 6.07) is 4.46. The first-order valence-corrected chi connectivity index (χ1v) is 7.07. The Hall–Kier alpha value is -1.21. The normalized spacial score (nSPS) is 10.3. The number of ether oxygens (including phenoxy) is 1. The molecule has 7 heteroatoms. The molecular formula is C12H10Br2FN3O. The molecule has 0 radical (unpaired) electrons. The maximum absolute atomic E-state index is 13.6. The smallest absolute Gasteiger partial charge is 0.239 e. The lowest BCUT2D eigenvalue weighted by molar-refractivity contribution is 0.424. The van der Waals surface area contributed by atoms with Gasteiger partial charge in [0.1, 0.15) is 16.6 Å². The zero-order chi connectivity index (χ0) is 13.8. The molecule has 1 heterocycles. The van der Waals surface area contributed by atoms with Gasteiger partial charge in [-0.25, -0.2) is 14.4 Å². The van der Waals surface area contributed by atoms with Crippen molar-refractivity contribution in [1.82, 2.24) is 9.97 Å². The molecule has 0 unspecified atom stereocenters. The van der Waals surface area contributed by atoms with Crippen LogP contribution in [0.25, 0.3) is 0 Å². The lowest BCUT2D eigenvalue weighted by Gasteiger charge is -2.10. The molecule has 0 saturated carbocycles. The van der Waals surface area contributed by atoms with Crippen LogP contribution in [-0.4, -0.2) is 16.5 Å². The minimum atomic E-state index is -0.460. The minimum Gasteiger partial charge on any atom is -0.435 e. The van der Waals surface area contributed by atoms with E-state index in [1.807, 2.05) is 6.92 Å². The highest BCUT2D eigenvalue weighted by Gasteiger charge is 2.12. The first kappa shape index (κ1) is 14.2. The predicted molar refractivity (Wildman–Crippen MR) is 78.1 cm³/mol. The summed E-state index contributed by atoms with van der Waals surface area (Å²) < 4.78 is 20.4. The van der Waals surface area contributed by atoms with Crippen molar-refractivity contribution in [3.63, 3.8) is 0 Å². The van der Waals surface area contributed by atoms with Gasteiger partial charge in [-0.1, -0.05) is 15.9 Å². The van der Waals surface area contributed by atoms with E-state index >= 15 is 0 Å². The van der Waals surface area contributed by atoms with Crippen molar-refractivity contribution in [2.24, 2.45) is 0 Å². The molecule has 0 amide bonds. The summed E-state index contributed by atoms with van der Waals surface area (Å²) in [5.74, 6) is 0.487. The van der Waals surface area contributed by atoms with Crippen molar-refractivity contribution in [1.29, 1.82) is 0 Å². The first-order chi connectivity index (χ1) is 9.11. The van der Waals surface area contributed by atoms with Gasteiger partial charge >= 0.3 is 0 Å². The van der Waals surface area contributed by atoms with Crippen LogP contribution in [0.2, 0.25) is 0 Å². The number of anilines is 1. The number of rotatable bonds is 4. The van der Waals surface area contributed by atoms with E-state index in [1.165, 1.54) is 18.5 Å². The monoisotopic (exact) mass is 389 g/mol. The Balaban J connectivity index is 2.33. The van der Waals surface area contributed by atoms with Crippen molar-refractivity contribution < 1.29 is 9.13 Å². The number of aromatic nitrogens is 2. The van der Waals surface area contributed by atoms with Gasteiger partial charge in [0.15, 0.2) is 11.6 Å². The third-order valence-electron chi connectivity index (χ3n) is 2.20. The fraction of sp³-hybridized carbons (Fsp3) is 0.167. The highest BCUT2D eigenvalue weighted by atomic mass is 79.9. The van der Waals surface area contributed by atoms with Gasteiger partial charge in [0.2, 0.25) is 5.88 Å². The van der Waals surface area contributed by atoms with Crippen LogP contribution in [-0.2, 0) is 0 Å². The number of benzene rings is 1.